The van der Waals surface area contributed by atoms with Crippen LogP contribution in [0.1, 0.15) is 19.3 Å². The third-order valence-corrected chi connectivity index (χ3v) is 3.30. The van der Waals surface area contributed by atoms with Crippen LogP contribution in [0.15, 0.2) is 18.2 Å². The van der Waals surface area contributed by atoms with E-state index in [1.165, 1.54) is 0 Å². The van der Waals surface area contributed by atoms with Gasteiger partial charge in [-0.15, -0.1) is 0 Å². The van der Waals surface area contributed by atoms with Gasteiger partial charge in [-0.1, -0.05) is 23.2 Å². The largest absolute Gasteiger partial charge is 0.381 e. The molecule has 1 atom stereocenters. The zero-order valence-corrected chi connectivity index (χ0v) is 10.5. The van der Waals surface area contributed by atoms with Crippen molar-refractivity contribution in [3.05, 3.63) is 28.2 Å². The lowest BCUT2D eigenvalue weighted by Gasteiger charge is -2.18. The molecule has 1 heterocycles. The Morgan fingerprint density at radius 3 is 2.94 bits per heavy atom. The molecule has 1 aromatic carbocycles. The lowest BCUT2D eigenvalue weighted by Crippen LogP contribution is -2.19. The molecule has 2 rings (SSSR count). The average molecular weight is 260 g/mol. The van der Waals surface area contributed by atoms with Crippen molar-refractivity contribution in [3.63, 3.8) is 0 Å². The maximum absolute atomic E-state index is 6.10. The Morgan fingerprint density at radius 2 is 2.06 bits per heavy atom. The minimum Gasteiger partial charge on any atom is -0.381 e. The first-order valence-electron chi connectivity index (χ1n) is 5.55. The Bertz CT molecular complexity index is 349. The molecule has 0 saturated carbocycles. The van der Waals surface area contributed by atoms with Gasteiger partial charge in [-0.2, -0.15) is 0 Å². The standard InChI is InChI=1S/C12H15Cl2NO/c13-9-3-4-11(14)12(8-9)15-10-2-1-6-16-7-5-10/h3-4,8,10,15H,1-2,5-7H2. The summed E-state index contributed by atoms with van der Waals surface area (Å²) in [6.45, 7) is 1.68. The molecule has 88 valence electrons. The van der Waals surface area contributed by atoms with Crippen LogP contribution in [0, 0.1) is 0 Å². The van der Waals surface area contributed by atoms with Crippen LogP contribution in [0.5, 0.6) is 0 Å². The van der Waals surface area contributed by atoms with Gasteiger partial charge >= 0.3 is 0 Å². The van der Waals surface area contributed by atoms with Crippen molar-refractivity contribution in [3.8, 4) is 0 Å². The summed E-state index contributed by atoms with van der Waals surface area (Å²) < 4.78 is 5.42. The van der Waals surface area contributed by atoms with E-state index in [2.05, 4.69) is 5.32 Å². The van der Waals surface area contributed by atoms with Gasteiger partial charge in [0.15, 0.2) is 0 Å². The summed E-state index contributed by atoms with van der Waals surface area (Å²) in [5.41, 5.74) is 0.918. The summed E-state index contributed by atoms with van der Waals surface area (Å²) in [5, 5.41) is 4.86. The van der Waals surface area contributed by atoms with Crippen molar-refractivity contribution in [2.45, 2.75) is 25.3 Å². The van der Waals surface area contributed by atoms with Crippen LogP contribution in [0.25, 0.3) is 0 Å². The Morgan fingerprint density at radius 1 is 1.19 bits per heavy atom. The van der Waals surface area contributed by atoms with Crippen molar-refractivity contribution >= 4 is 28.9 Å². The number of ether oxygens (including phenoxy) is 1. The van der Waals surface area contributed by atoms with E-state index in [0.717, 1.165) is 43.2 Å². The van der Waals surface area contributed by atoms with Gasteiger partial charge in [-0.3, -0.25) is 0 Å². The second kappa shape index (κ2) is 5.76. The third-order valence-electron chi connectivity index (χ3n) is 2.74. The molecular formula is C12H15Cl2NO. The van der Waals surface area contributed by atoms with Crippen LogP contribution in [0.2, 0.25) is 10.0 Å². The fraction of sp³-hybridized carbons (Fsp3) is 0.500. The molecule has 1 aromatic rings. The lowest BCUT2D eigenvalue weighted by molar-refractivity contribution is 0.144. The zero-order valence-electron chi connectivity index (χ0n) is 9.01. The summed E-state index contributed by atoms with van der Waals surface area (Å²) in [7, 11) is 0. The first kappa shape index (κ1) is 12.0. The van der Waals surface area contributed by atoms with Gasteiger partial charge in [0, 0.05) is 24.3 Å². The highest BCUT2D eigenvalue weighted by Crippen LogP contribution is 2.27. The number of nitrogens with one attached hydrogen (secondary N) is 1. The first-order valence-corrected chi connectivity index (χ1v) is 6.30. The monoisotopic (exact) mass is 259 g/mol. The van der Waals surface area contributed by atoms with Gasteiger partial charge in [0.25, 0.3) is 0 Å². The number of hydrogen-bond acceptors (Lipinski definition) is 2. The first-order chi connectivity index (χ1) is 7.75. The number of hydrogen-bond donors (Lipinski definition) is 1. The van der Waals surface area contributed by atoms with Crippen molar-refractivity contribution in [2.24, 2.45) is 0 Å². The van der Waals surface area contributed by atoms with Crippen molar-refractivity contribution < 1.29 is 4.74 Å². The van der Waals surface area contributed by atoms with E-state index in [1.807, 2.05) is 12.1 Å². The van der Waals surface area contributed by atoms with Gasteiger partial charge < -0.3 is 10.1 Å². The van der Waals surface area contributed by atoms with Gasteiger partial charge in [-0.05, 0) is 37.5 Å². The van der Waals surface area contributed by atoms with Crippen LogP contribution in [0.4, 0.5) is 5.69 Å². The van der Waals surface area contributed by atoms with Crippen molar-refractivity contribution in [2.75, 3.05) is 18.5 Å². The van der Waals surface area contributed by atoms with Gasteiger partial charge in [0.1, 0.15) is 0 Å². The maximum atomic E-state index is 6.10. The molecule has 4 heteroatoms. The molecule has 0 spiro atoms. The van der Waals surface area contributed by atoms with E-state index in [0.29, 0.717) is 11.1 Å². The second-order valence-electron chi connectivity index (χ2n) is 4.01. The van der Waals surface area contributed by atoms with Gasteiger partial charge in [0.05, 0.1) is 10.7 Å². The molecule has 1 aliphatic heterocycles. The van der Waals surface area contributed by atoms with E-state index in [9.17, 15) is 0 Å². The van der Waals surface area contributed by atoms with Crippen LogP contribution in [-0.2, 0) is 4.74 Å². The lowest BCUT2D eigenvalue weighted by atomic mass is 10.1. The summed E-state index contributed by atoms with van der Waals surface area (Å²) in [6, 6.07) is 5.92. The fourth-order valence-corrected chi connectivity index (χ4v) is 2.22. The number of halogens is 2. The Balaban J connectivity index is 2.04. The predicted octanol–water partition coefficient (Wildman–Crippen LogP) is 3.97. The Kier molecular flexibility index (Phi) is 4.33. The van der Waals surface area contributed by atoms with E-state index >= 15 is 0 Å². The highest BCUT2D eigenvalue weighted by molar-refractivity contribution is 6.35. The molecule has 0 aromatic heterocycles. The highest BCUT2D eigenvalue weighted by Gasteiger charge is 2.13. The normalized spacial score (nSPS) is 21.5. The summed E-state index contributed by atoms with van der Waals surface area (Å²) in [5.74, 6) is 0. The second-order valence-corrected chi connectivity index (χ2v) is 4.85. The molecule has 0 radical (unpaired) electrons. The van der Waals surface area contributed by atoms with Crippen LogP contribution in [-0.4, -0.2) is 19.3 Å². The quantitative estimate of drug-likeness (QED) is 0.868. The molecule has 1 aliphatic rings. The molecule has 0 bridgehead atoms. The number of rotatable bonds is 2. The molecule has 2 nitrogen and oxygen atoms in total. The summed E-state index contributed by atoms with van der Waals surface area (Å²) >= 11 is 12.0. The van der Waals surface area contributed by atoms with Gasteiger partial charge in [-0.25, -0.2) is 0 Å². The van der Waals surface area contributed by atoms with Crippen molar-refractivity contribution in [1.82, 2.24) is 0 Å². The highest BCUT2D eigenvalue weighted by atomic mass is 35.5. The molecule has 1 saturated heterocycles. The molecule has 1 fully saturated rings. The molecular weight excluding hydrogens is 245 g/mol. The Labute approximate surface area is 106 Å². The fourth-order valence-electron chi connectivity index (χ4n) is 1.88. The van der Waals surface area contributed by atoms with E-state index < -0.39 is 0 Å². The summed E-state index contributed by atoms with van der Waals surface area (Å²) in [4.78, 5) is 0. The maximum Gasteiger partial charge on any atom is 0.0638 e. The minimum atomic E-state index is 0.429. The van der Waals surface area contributed by atoms with E-state index in [1.54, 1.807) is 6.07 Å². The van der Waals surface area contributed by atoms with Crippen molar-refractivity contribution in [1.29, 1.82) is 0 Å². The van der Waals surface area contributed by atoms with Gasteiger partial charge in [0.2, 0.25) is 0 Å². The zero-order chi connectivity index (χ0) is 11.4. The smallest absolute Gasteiger partial charge is 0.0638 e. The van der Waals surface area contributed by atoms with E-state index in [-0.39, 0.29) is 0 Å². The minimum absolute atomic E-state index is 0.429. The number of anilines is 1. The van der Waals surface area contributed by atoms with Crippen LogP contribution >= 0.6 is 23.2 Å². The SMILES string of the molecule is Clc1ccc(Cl)c(NC2CCCOCC2)c1. The summed E-state index contributed by atoms with van der Waals surface area (Å²) in [6.07, 6.45) is 3.22. The topological polar surface area (TPSA) is 21.3 Å². The average Bonchev–Trinajstić information content (AvgIpc) is 2.52. The predicted molar refractivity (Wildman–Crippen MR) is 68.5 cm³/mol. The third kappa shape index (κ3) is 3.27. The van der Waals surface area contributed by atoms with E-state index in [4.69, 9.17) is 27.9 Å². The molecule has 0 aliphatic carbocycles. The van der Waals surface area contributed by atoms with Crippen LogP contribution < -0.4 is 5.32 Å². The molecule has 1 N–H and O–H groups in total. The molecule has 0 amide bonds. The number of benzene rings is 1. The molecule has 1 unspecified atom stereocenters. The molecule has 16 heavy (non-hydrogen) atoms. The van der Waals surface area contributed by atoms with Crippen LogP contribution in [0.3, 0.4) is 0 Å². The Hall–Kier alpha value is -0.440.